The molecule has 0 unspecified atom stereocenters. The van der Waals surface area contributed by atoms with E-state index in [2.05, 4.69) is 6.92 Å². The topological polar surface area (TPSA) is 87.0 Å². The molecule has 5 nitrogen and oxygen atoms in total. The van der Waals surface area contributed by atoms with Crippen LogP contribution < -0.4 is 0 Å². The third kappa shape index (κ3) is 16.8. The summed E-state index contributed by atoms with van der Waals surface area (Å²) in [7, 11) is 0. The zero-order chi connectivity index (χ0) is 24.9. The second-order valence-electron chi connectivity index (χ2n) is 9.74. The molecule has 34 heavy (non-hydrogen) atoms. The van der Waals surface area contributed by atoms with E-state index in [9.17, 15) is 20.1 Å². The minimum atomic E-state index is -0.622. The summed E-state index contributed by atoms with van der Waals surface area (Å²) >= 11 is 0. The molecule has 1 aromatic rings. The van der Waals surface area contributed by atoms with Crippen LogP contribution in [0.2, 0.25) is 0 Å². The number of ether oxygens (including phenoxy) is 1. The van der Waals surface area contributed by atoms with Crippen LogP contribution in [0.3, 0.4) is 0 Å². The molecule has 5 heteroatoms. The van der Waals surface area contributed by atoms with E-state index in [4.69, 9.17) is 4.74 Å². The lowest BCUT2D eigenvalue weighted by molar-refractivity contribution is -0.146. The van der Waals surface area contributed by atoms with Crippen molar-refractivity contribution in [1.29, 1.82) is 0 Å². The van der Waals surface area contributed by atoms with Crippen molar-refractivity contribution in [2.24, 2.45) is 0 Å². The van der Waals surface area contributed by atoms with Crippen LogP contribution in [-0.2, 0) is 16.0 Å². The van der Waals surface area contributed by atoms with Gasteiger partial charge >= 0.3 is 5.97 Å². The van der Waals surface area contributed by atoms with Gasteiger partial charge in [0, 0.05) is 0 Å². The number of phenols is 2. The van der Waals surface area contributed by atoms with Gasteiger partial charge in [-0.1, -0.05) is 109 Å². The summed E-state index contributed by atoms with van der Waals surface area (Å²) < 4.78 is 5.21. The number of aryl methyl sites for hydroxylation is 1. The molecule has 1 rings (SSSR count). The van der Waals surface area contributed by atoms with Gasteiger partial charge in [-0.05, 0) is 37.0 Å². The minimum absolute atomic E-state index is 0.0542. The number of rotatable bonds is 22. The van der Waals surface area contributed by atoms with Gasteiger partial charge in [0.05, 0.1) is 19.1 Å². The van der Waals surface area contributed by atoms with Gasteiger partial charge in [-0.15, -0.1) is 0 Å². The largest absolute Gasteiger partial charge is 0.504 e. The van der Waals surface area contributed by atoms with Crippen LogP contribution in [0.1, 0.15) is 128 Å². The van der Waals surface area contributed by atoms with E-state index in [1.54, 1.807) is 6.07 Å². The monoisotopic (exact) mass is 478 g/mol. The standard InChI is InChI=1S/C29H50O5/c1-2-3-4-5-6-7-8-9-10-11-12-13-14-15-16-19-26(30)24-29(33)34-22-17-18-25-20-21-27(31)28(32)23-25/h20-21,23,26,30-32H,2-19,22,24H2,1H3/t26-/m0/s1. The first-order valence-corrected chi connectivity index (χ1v) is 13.9. The van der Waals surface area contributed by atoms with Crippen LogP contribution in [0.15, 0.2) is 18.2 Å². The molecular formula is C29H50O5. The Bertz CT molecular complexity index is 631. The van der Waals surface area contributed by atoms with E-state index < -0.39 is 6.10 Å². The maximum atomic E-state index is 11.9. The fourth-order valence-electron chi connectivity index (χ4n) is 4.29. The predicted molar refractivity (Wildman–Crippen MR) is 139 cm³/mol. The third-order valence-corrected chi connectivity index (χ3v) is 6.46. The number of phenolic OH excluding ortho intramolecular Hbond substituents is 2. The number of benzene rings is 1. The van der Waals surface area contributed by atoms with Crippen molar-refractivity contribution in [3.8, 4) is 11.5 Å². The van der Waals surface area contributed by atoms with Crippen molar-refractivity contribution < 1.29 is 24.9 Å². The molecule has 0 aliphatic rings. The van der Waals surface area contributed by atoms with Crippen molar-refractivity contribution >= 4 is 5.97 Å². The predicted octanol–water partition coefficient (Wildman–Crippen LogP) is 7.59. The Morgan fingerprint density at radius 1 is 0.765 bits per heavy atom. The normalized spacial score (nSPS) is 12.1. The Balaban J connectivity index is 1.86. The number of unbranched alkanes of at least 4 members (excludes halogenated alkanes) is 14. The van der Waals surface area contributed by atoms with Gasteiger partial charge in [-0.25, -0.2) is 0 Å². The second-order valence-corrected chi connectivity index (χ2v) is 9.74. The van der Waals surface area contributed by atoms with Crippen molar-refractivity contribution in [3.63, 3.8) is 0 Å². The number of hydrogen-bond acceptors (Lipinski definition) is 5. The first-order valence-electron chi connectivity index (χ1n) is 13.9. The average Bonchev–Trinajstić information content (AvgIpc) is 2.81. The summed E-state index contributed by atoms with van der Waals surface area (Å²) in [5, 5.41) is 28.9. The average molecular weight is 479 g/mol. The summed E-state index contributed by atoms with van der Waals surface area (Å²) in [6, 6.07) is 4.70. The van der Waals surface area contributed by atoms with Crippen LogP contribution in [0, 0.1) is 0 Å². The summed E-state index contributed by atoms with van der Waals surface area (Å²) in [5.41, 5.74) is 0.875. The molecular weight excluding hydrogens is 428 g/mol. The van der Waals surface area contributed by atoms with Crippen molar-refractivity contribution in [2.45, 2.75) is 135 Å². The Morgan fingerprint density at radius 2 is 1.29 bits per heavy atom. The molecule has 0 aromatic heterocycles. The van der Waals surface area contributed by atoms with Gasteiger partial charge in [0.2, 0.25) is 0 Å². The van der Waals surface area contributed by atoms with Gasteiger partial charge in [-0.3, -0.25) is 4.79 Å². The van der Waals surface area contributed by atoms with Gasteiger partial charge < -0.3 is 20.1 Å². The summed E-state index contributed by atoms with van der Waals surface area (Å²) in [6.07, 6.45) is 21.1. The minimum Gasteiger partial charge on any atom is -0.504 e. The second kappa shape index (κ2) is 20.6. The van der Waals surface area contributed by atoms with Crippen LogP contribution in [-0.4, -0.2) is 34.0 Å². The molecule has 3 N–H and O–H groups in total. The highest BCUT2D eigenvalue weighted by atomic mass is 16.5. The number of aromatic hydroxyl groups is 2. The first-order chi connectivity index (χ1) is 16.5. The molecule has 0 aliphatic heterocycles. The van der Waals surface area contributed by atoms with Crippen molar-refractivity contribution in [1.82, 2.24) is 0 Å². The maximum absolute atomic E-state index is 11.9. The highest BCUT2D eigenvalue weighted by Crippen LogP contribution is 2.25. The van der Waals surface area contributed by atoms with Gasteiger partial charge in [0.1, 0.15) is 0 Å². The molecule has 1 aromatic carbocycles. The fraction of sp³-hybridized carbons (Fsp3) is 0.759. The smallest absolute Gasteiger partial charge is 0.308 e. The lowest BCUT2D eigenvalue weighted by Crippen LogP contribution is -2.16. The Labute approximate surface area is 207 Å². The lowest BCUT2D eigenvalue weighted by Gasteiger charge is -2.10. The van der Waals surface area contributed by atoms with E-state index in [0.29, 0.717) is 19.3 Å². The van der Waals surface area contributed by atoms with E-state index in [0.717, 1.165) is 18.4 Å². The lowest BCUT2D eigenvalue weighted by atomic mass is 10.0. The molecule has 0 fully saturated rings. The molecule has 196 valence electrons. The van der Waals surface area contributed by atoms with Gasteiger partial charge in [-0.2, -0.15) is 0 Å². The summed E-state index contributed by atoms with van der Waals surface area (Å²) in [5.74, 6) is -0.642. The maximum Gasteiger partial charge on any atom is 0.308 e. The Hall–Kier alpha value is -1.75. The summed E-state index contributed by atoms with van der Waals surface area (Å²) in [4.78, 5) is 11.9. The molecule has 0 aliphatic carbocycles. The molecule has 0 saturated heterocycles. The van der Waals surface area contributed by atoms with E-state index in [1.165, 1.54) is 95.6 Å². The quantitative estimate of drug-likeness (QED) is 0.0908. The van der Waals surface area contributed by atoms with Crippen LogP contribution in [0.5, 0.6) is 11.5 Å². The molecule has 0 amide bonds. The molecule has 0 saturated carbocycles. The van der Waals surface area contributed by atoms with Crippen LogP contribution >= 0.6 is 0 Å². The zero-order valence-electron chi connectivity index (χ0n) is 21.6. The number of hydrogen-bond donors (Lipinski definition) is 3. The summed E-state index contributed by atoms with van der Waals surface area (Å²) in [6.45, 7) is 2.55. The highest BCUT2D eigenvalue weighted by molar-refractivity contribution is 5.69. The van der Waals surface area contributed by atoms with Crippen LogP contribution in [0.4, 0.5) is 0 Å². The number of carbonyl (C=O) groups is 1. The van der Waals surface area contributed by atoms with E-state index in [1.807, 2.05) is 0 Å². The van der Waals surface area contributed by atoms with Crippen molar-refractivity contribution in [3.05, 3.63) is 23.8 Å². The van der Waals surface area contributed by atoms with Gasteiger partial charge in [0.25, 0.3) is 0 Å². The number of aliphatic hydroxyl groups is 1. The molecule has 1 atom stereocenters. The molecule has 0 bridgehead atoms. The van der Waals surface area contributed by atoms with Crippen LogP contribution in [0.25, 0.3) is 0 Å². The Morgan fingerprint density at radius 3 is 1.82 bits per heavy atom. The number of esters is 1. The van der Waals surface area contributed by atoms with Gasteiger partial charge in [0.15, 0.2) is 11.5 Å². The SMILES string of the molecule is CCCCCCCCCCCCCCCCC[C@H](O)CC(=O)OCCCc1ccc(O)c(O)c1. The van der Waals surface area contributed by atoms with E-state index in [-0.39, 0.29) is 30.5 Å². The van der Waals surface area contributed by atoms with E-state index >= 15 is 0 Å². The highest BCUT2D eigenvalue weighted by Gasteiger charge is 2.12. The molecule has 0 radical (unpaired) electrons. The molecule has 0 spiro atoms. The fourth-order valence-corrected chi connectivity index (χ4v) is 4.29. The van der Waals surface area contributed by atoms with Crippen molar-refractivity contribution in [2.75, 3.05) is 6.61 Å². The third-order valence-electron chi connectivity index (χ3n) is 6.46. The molecule has 0 heterocycles. The Kier molecular flexibility index (Phi) is 18.4. The number of aliphatic hydroxyl groups excluding tert-OH is 1. The number of carbonyl (C=O) groups excluding carboxylic acids is 1. The zero-order valence-corrected chi connectivity index (χ0v) is 21.6. The first kappa shape index (κ1) is 30.3.